The van der Waals surface area contributed by atoms with Crippen LogP contribution in [0.3, 0.4) is 0 Å². The fourth-order valence-corrected chi connectivity index (χ4v) is 7.82. The Morgan fingerprint density at radius 2 is 0.638 bits per heavy atom. The van der Waals surface area contributed by atoms with E-state index in [4.69, 9.17) is 0 Å². The molecule has 290 valence electrons. The molecule has 0 heterocycles. The lowest BCUT2D eigenvalue weighted by molar-refractivity contribution is -0.870. The number of rotatable bonds is 13. The average molecular weight is 761 g/mol. The van der Waals surface area contributed by atoms with Crippen LogP contribution in [0.25, 0.3) is 32.7 Å². The predicted octanol–water partition coefficient (Wildman–Crippen LogP) is 13.1. The van der Waals surface area contributed by atoms with E-state index in [1.54, 1.807) is 0 Å². The summed E-state index contributed by atoms with van der Waals surface area (Å²) in [5.41, 5.74) is 12.0. The van der Waals surface area contributed by atoms with Crippen molar-refractivity contribution in [3.8, 4) is 11.1 Å². The van der Waals surface area contributed by atoms with E-state index in [-0.39, 0.29) is 0 Å². The summed E-state index contributed by atoms with van der Waals surface area (Å²) in [7, 11) is 13.5. The standard InChI is InChI=1S/C54H56N4/c1-57(2,3)39-37-41-21-29-47(30-22-41)55(53-19-11-15-45-13-7-9-17-51(45)53)49-33-25-43(26-34-49)44-27-35-50(36-28-44)56(54-20-12-16-46-14-8-10-18-52(46)54)48-31-23-42(24-32-48)38-40-58(4,5)6/h7-36H,37-40H2,1-6H3/q+2. The summed E-state index contributed by atoms with van der Waals surface area (Å²) in [6.07, 6.45) is 2.10. The molecule has 0 aliphatic carbocycles. The van der Waals surface area contributed by atoms with Crippen LogP contribution in [0.15, 0.2) is 182 Å². The fourth-order valence-electron chi connectivity index (χ4n) is 7.82. The molecule has 0 bridgehead atoms. The number of benzene rings is 8. The van der Waals surface area contributed by atoms with Gasteiger partial charge < -0.3 is 18.8 Å². The zero-order chi connectivity index (χ0) is 40.3. The molecule has 8 rings (SSSR count). The van der Waals surface area contributed by atoms with Gasteiger partial charge in [-0.3, -0.25) is 0 Å². The molecule has 0 saturated heterocycles. The second-order valence-electron chi connectivity index (χ2n) is 17.6. The highest BCUT2D eigenvalue weighted by Crippen LogP contribution is 2.42. The SMILES string of the molecule is C[N+](C)(C)CCc1ccc(N(c2ccc(-c3ccc(N(c4ccc(CC[N+](C)(C)C)cc4)c4cccc5ccccc45)cc3)cc2)c2cccc3ccccc23)cc1. The van der Waals surface area contributed by atoms with Crippen molar-refractivity contribution in [1.29, 1.82) is 0 Å². The van der Waals surface area contributed by atoms with E-state index in [1.807, 2.05) is 0 Å². The Morgan fingerprint density at radius 1 is 0.328 bits per heavy atom. The minimum atomic E-state index is 0.951. The summed E-state index contributed by atoms with van der Waals surface area (Å²) in [6.45, 7) is 2.20. The van der Waals surface area contributed by atoms with Crippen LogP contribution in [0, 0.1) is 0 Å². The van der Waals surface area contributed by atoms with Crippen LogP contribution in [0.5, 0.6) is 0 Å². The lowest BCUT2D eigenvalue weighted by atomic mass is 10.0. The van der Waals surface area contributed by atoms with Crippen molar-refractivity contribution in [3.05, 3.63) is 193 Å². The number of nitrogens with zero attached hydrogens (tertiary/aromatic N) is 4. The summed E-state index contributed by atoms with van der Waals surface area (Å²) in [5.74, 6) is 0. The Bertz CT molecular complexity index is 2420. The first kappa shape index (κ1) is 38.7. The van der Waals surface area contributed by atoms with Gasteiger partial charge in [0, 0.05) is 46.4 Å². The molecule has 0 amide bonds. The maximum atomic E-state index is 2.40. The summed E-state index contributed by atoms with van der Waals surface area (Å²) >= 11 is 0. The number of hydrogen-bond donors (Lipinski definition) is 0. The van der Waals surface area contributed by atoms with Crippen LogP contribution in [0.1, 0.15) is 11.1 Å². The van der Waals surface area contributed by atoms with Gasteiger partial charge in [0.15, 0.2) is 0 Å². The molecule has 0 aliphatic rings. The Kier molecular flexibility index (Phi) is 10.9. The highest BCUT2D eigenvalue weighted by Gasteiger charge is 2.18. The largest absolute Gasteiger partial charge is 0.331 e. The molecule has 0 spiro atoms. The van der Waals surface area contributed by atoms with Crippen molar-refractivity contribution in [2.45, 2.75) is 12.8 Å². The fraction of sp³-hybridized carbons (Fsp3) is 0.185. The van der Waals surface area contributed by atoms with Crippen molar-refractivity contribution in [2.24, 2.45) is 0 Å². The van der Waals surface area contributed by atoms with Gasteiger partial charge >= 0.3 is 0 Å². The molecule has 4 nitrogen and oxygen atoms in total. The maximum absolute atomic E-state index is 2.40. The molecule has 0 N–H and O–H groups in total. The first-order valence-corrected chi connectivity index (χ1v) is 20.5. The quantitative estimate of drug-likeness (QED) is 0.108. The summed E-state index contributed by atoms with van der Waals surface area (Å²) in [5, 5.41) is 4.92. The molecule has 58 heavy (non-hydrogen) atoms. The van der Waals surface area contributed by atoms with Crippen LogP contribution in [0.4, 0.5) is 34.1 Å². The van der Waals surface area contributed by atoms with Crippen LogP contribution in [-0.2, 0) is 12.8 Å². The molecule has 4 heteroatoms. The number of likely N-dealkylation sites (N-methyl/N-ethyl adjacent to an activating group) is 2. The zero-order valence-electron chi connectivity index (χ0n) is 34.9. The van der Waals surface area contributed by atoms with E-state index in [0.717, 1.165) is 57.6 Å². The first-order valence-electron chi connectivity index (χ1n) is 20.5. The first-order chi connectivity index (χ1) is 28.0. The van der Waals surface area contributed by atoms with E-state index in [9.17, 15) is 0 Å². The van der Waals surface area contributed by atoms with Crippen molar-refractivity contribution in [2.75, 3.05) is 65.2 Å². The van der Waals surface area contributed by atoms with Crippen LogP contribution >= 0.6 is 0 Å². The van der Waals surface area contributed by atoms with Gasteiger partial charge in [-0.05, 0) is 93.7 Å². The third-order valence-electron chi connectivity index (χ3n) is 11.1. The summed E-state index contributed by atoms with van der Waals surface area (Å²) in [4.78, 5) is 4.79. The highest BCUT2D eigenvalue weighted by molar-refractivity contribution is 6.00. The van der Waals surface area contributed by atoms with Gasteiger partial charge in [0.25, 0.3) is 0 Å². The van der Waals surface area contributed by atoms with Gasteiger partial charge in [-0.25, -0.2) is 0 Å². The maximum Gasteiger partial charge on any atom is 0.0821 e. The second kappa shape index (κ2) is 16.3. The molecule has 0 unspecified atom stereocenters. The third-order valence-corrected chi connectivity index (χ3v) is 11.1. The van der Waals surface area contributed by atoms with Crippen molar-refractivity contribution in [3.63, 3.8) is 0 Å². The monoisotopic (exact) mass is 760 g/mol. The van der Waals surface area contributed by atoms with Gasteiger partial charge in [-0.15, -0.1) is 0 Å². The molecule has 8 aromatic carbocycles. The Labute approximate surface area is 345 Å². The van der Waals surface area contributed by atoms with Gasteiger partial charge in [0.2, 0.25) is 0 Å². The number of fused-ring (bicyclic) bond motifs is 2. The van der Waals surface area contributed by atoms with E-state index < -0.39 is 0 Å². The lowest BCUT2D eigenvalue weighted by Gasteiger charge is -2.28. The van der Waals surface area contributed by atoms with Crippen LogP contribution in [0.2, 0.25) is 0 Å². The Hall–Kier alpha value is -6.20. The Balaban J connectivity index is 1.12. The number of anilines is 6. The van der Waals surface area contributed by atoms with Crippen molar-refractivity contribution < 1.29 is 8.97 Å². The van der Waals surface area contributed by atoms with E-state index in [2.05, 4.69) is 234 Å². The molecular formula is C54H56N4+2. The van der Waals surface area contributed by atoms with Gasteiger partial charge in [0.1, 0.15) is 0 Å². The molecule has 0 radical (unpaired) electrons. The molecule has 0 atom stereocenters. The van der Waals surface area contributed by atoms with Crippen LogP contribution < -0.4 is 9.80 Å². The molecule has 8 aromatic rings. The van der Waals surface area contributed by atoms with Gasteiger partial charge in [0.05, 0.1) is 66.8 Å². The predicted molar refractivity (Wildman–Crippen MR) is 249 cm³/mol. The lowest BCUT2D eigenvalue weighted by Crippen LogP contribution is -2.36. The minimum absolute atomic E-state index is 0.951. The van der Waals surface area contributed by atoms with Gasteiger partial charge in [-0.1, -0.05) is 121 Å². The number of quaternary nitrogens is 2. The normalized spacial score (nSPS) is 11.9. The molecule has 0 saturated carbocycles. The molecule has 0 fully saturated rings. The average Bonchev–Trinajstić information content (AvgIpc) is 3.23. The zero-order valence-corrected chi connectivity index (χ0v) is 34.9. The second-order valence-corrected chi connectivity index (χ2v) is 17.6. The minimum Gasteiger partial charge on any atom is -0.331 e. The molecule has 0 aliphatic heterocycles. The number of hydrogen-bond acceptors (Lipinski definition) is 2. The molecular weight excluding hydrogens is 705 g/mol. The highest BCUT2D eigenvalue weighted by atomic mass is 15.3. The third kappa shape index (κ3) is 8.84. The van der Waals surface area contributed by atoms with E-state index in [1.165, 1.54) is 55.2 Å². The van der Waals surface area contributed by atoms with E-state index in [0.29, 0.717) is 0 Å². The van der Waals surface area contributed by atoms with Crippen molar-refractivity contribution >= 4 is 55.7 Å². The Morgan fingerprint density at radius 3 is 0.983 bits per heavy atom. The topological polar surface area (TPSA) is 6.48 Å². The van der Waals surface area contributed by atoms with Crippen molar-refractivity contribution in [1.82, 2.24) is 0 Å². The molecule has 0 aromatic heterocycles. The summed E-state index contributed by atoms with van der Waals surface area (Å²) in [6, 6.07) is 66.9. The summed E-state index contributed by atoms with van der Waals surface area (Å²) < 4.78 is 1.90. The van der Waals surface area contributed by atoms with E-state index >= 15 is 0 Å². The smallest absolute Gasteiger partial charge is 0.0821 e. The van der Waals surface area contributed by atoms with Crippen LogP contribution in [-0.4, -0.2) is 64.3 Å². The van der Waals surface area contributed by atoms with Gasteiger partial charge in [-0.2, -0.15) is 0 Å².